The van der Waals surface area contributed by atoms with Crippen molar-refractivity contribution >= 4 is 11.8 Å². The topological polar surface area (TPSA) is 9.72 Å². The Morgan fingerprint density at radius 2 is 1.71 bits per heavy atom. The van der Waals surface area contributed by atoms with Gasteiger partial charge in [-0.2, -0.15) is 0 Å². The molecule has 4 heteroatoms. The number of likely N-dealkylation sites (N-methyl/N-ethyl adjacent to an activating group) is 1. The first-order chi connectivity index (χ1) is 11.7. The Balaban J connectivity index is 1.48. The van der Waals surface area contributed by atoms with Crippen molar-refractivity contribution in [2.24, 2.45) is 5.92 Å². The van der Waals surface area contributed by atoms with Gasteiger partial charge >= 0.3 is 0 Å². The van der Waals surface area contributed by atoms with Crippen LogP contribution >= 0.6 is 11.8 Å². The fourth-order valence-electron chi connectivity index (χ4n) is 4.20. The standard InChI is InChI=1S/C20H33N3S/c1-17(23-14-12-21(2)13-15-23)18-8-10-22(11-9-18)16-19-6-4-5-7-20(19)24-3/h4-7,17-18H,8-16H2,1-3H3/t17-/m1/s1. The largest absolute Gasteiger partial charge is 0.304 e. The SMILES string of the molecule is CSc1ccccc1CN1CCC([C@@H](C)N2CCN(C)CC2)CC1. The van der Waals surface area contributed by atoms with Gasteiger partial charge < -0.3 is 4.90 Å². The van der Waals surface area contributed by atoms with Crippen LogP contribution in [-0.4, -0.2) is 73.3 Å². The molecule has 0 aromatic heterocycles. The molecule has 0 amide bonds. The lowest BCUT2D eigenvalue weighted by Crippen LogP contribution is -2.51. The zero-order chi connectivity index (χ0) is 16.9. The molecule has 3 rings (SSSR count). The summed E-state index contributed by atoms with van der Waals surface area (Å²) in [6.07, 6.45) is 4.90. The maximum Gasteiger partial charge on any atom is 0.0244 e. The minimum atomic E-state index is 0.749. The van der Waals surface area contributed by atoms with Crippen molar-refractivity contribution in [2.75, 3.05) is 52.6 Å². The first kappa shape index (κ1) is 18.2. The van der Waals surface area contributed by atoms with Gasteiger partial charge in [0, 0.05) is 43.7 Å². The Kier molecular flexibility index (Phi) is 6.62. The van der Waals surface area contributed by atoms with Crippen LogP contribution in [0.25, 0.3) is 0 Å². The van der Waals surface area contributed by atoms with E-state index in [-0.39, 0.29) is 0 Å². The lowest BCUT2D eigenvalue weighted by Gasteiger charge is -2.42. The zero-order valence-corrected chi connectivity index (χ0v) is 16.4. The molecule has 2 fully saturated rings. The third-order valence-corrected chi connectivity index (χ3v) is 6.85. The number of hydrogen-bond donors (Lipinski definition) is 0. The second kappa shape index (κ2) is 8.70. The van der Waals surface area contributed by atoms with E-state index in [0.29, 0.717) is 0 Å². The van der Waals surface area contributed by atoms with Crippen LogP contribution in [0.4, 0.5) is 0 Å². The maximum absolute atomic E-state index is 2.73. The second-order valence-electron chi connectivity index (χ2n) is 7.51. The van der Waals surface area contributed by atoms with Crippen LogP contribution < -0.4 is 0 Å². The van der Waals surface area contributed by atoms with Gasteiger partial charge in [0.2, 0.25) is 0 Å². The zero-order valence-electron chi connectivity index (χ0n) is 15.6. The summed E-state index contributed by atoms with van der Waals surface area (Å²) in [7, 11) is 2.24. The first-order valence-electron chi connectivity index (χ1n) is 9.44. The van der Waals surface area contributed by atoms with Crippen molar-refractivity contribution in [1.82, 2.24) is 14.7 Å². The fourth-order valence-corrected chi connectivity index (χ4v) is 4.80. The molecule has 0 radical (unpaired) electrons. The van der Waals surface area contributed by atoms with Gasteiger partial charge in [-0.1, -0.05) is 18.2 Å². The average Bonchev–Trinajstić information content (AvgIpc) is 2.63. The number of hydrogen-bond acceptors (Lipinski definition) is 4. The highest BCUT2D eigenvalue weighted by atomic mass is 32.2. The Labute approximate surface area is 152 Å². The van der Waals surface area contributed by atoms with Gasteiger partial charge in [0.05, 0.1) is 0 Å². The molecule has 0 N–H and O–H groups in total. The number of piperidine rings is 1. The van der Waals surface area contributed by atoms with Crippen molar-refractivity contribution in [3.8, 4) is 0 Å². The molecule has 0 bridgehead atoms. The summed E-state index contributed by atoms with van der Waals surface area (Å²) in [6.45, 7) is 11.1. The van der Waals surface area contributed by atoms with E-state index in [9.17, 15) is 0 Å². The van der Waals surface area contributed by atoms with Gasteiger partial charge in [0.15, 0.2) is 0 Å². The number of thioether (sulfide) groups is 1. The molecular formula is C20H33N3S. The number of nitrogens with zero attached hydrogens (tertiary/aromatic N) is 3. The van der Waals surface area contributed by atoms with Gasteiger partial charge in [-0.3, -0.25) is 9.80 Å². The monoisotopic (exact) mass is 347 g/mol. The molecule has 134 valence electrons. The third-order valence-electron chi connectivity index (χ3n) is 6.01. The van der Waals surface area contributed by atoms with Crippen LogP contribution in [-0.2, 0) is 6.54 Å². The van der Waals surface area contributed by atoms with Crippen molar-refractivity contribution in [3.63, 3.8) is 0 Å². The highest BCUT2D eigenvalue weighted by Crippen LogP contribution is 2.27. The summed E-state index contributed by atoms with van der Waals surface area (Å²) in [5.74, 6) is 0.875. The van der Waals surface area contributed by atoms with Crippen molar-refractivity contribution < 1.29 is 0 Å². The molecular weight excluding hydrogens is 314 g/mol. The molecule has 3 nitrogen and oxygen atoms in total. The molecule has 2 saturated heterocycles. The Bertz CT molecular complexity index is 505. The van der Waals surface area contributed by atoms with E-state index in [1.807, 2.05) is 11.8 Å². The van der Waals surface area contributed by atoms with Crippen LogP contribution in [0.1, 0.15) is 25.3 Å². The van der Waals surface area contributed by atoms with E-state index < -0.39 is 0 Å². The number of benzene rings is 1. The van der Waals surface area contributed by atoms with Gasteiger partial charge in [-0.05, 0) is 63.7 Å². The summed E-state index contributed by atoms with van der Waals surface area (Å²) >= 11 is 1.87. The normalized spacial score (nSPS) is 23.5. The molecule has 0 saturated carbocycles. The molecule has 0 aliphatic carbocycles. The molecule has 2 aliphatic rings. The Hall–Kier alpha value is -0.550. The minimum Gasteiger partial charge on any atom is -0.304 e. The van der Waals surface area contributed by atoms with Crippen LogP contribution in [0.3, 0.4) is 0 Å². The van der Waals surface area contributed by atoms with Crippen LogP contribution in [0, 0.1) is 5.92 Å². The quantitative estimate of drug-likeness (QED) is 0.756. The van der Waals surface area contributed by atoms with Crippen LogP contribution in [0.5, 0.6) is 0 Å². The second-order valence-corrected chi connectivity index (χ2v) is 8.35. The van der Waals surface area contributed by atoms with Crippen LogP contribution in [0.2, 0.25) is 0 Å². The lowest BCUT2D eigenvalue weighted by molar-refractivity contribution is 0.0597. The van der Waals surface area contributed by atoms with Crippen molar-refractivity contribution in [1.29, 1.82) is 0 Å². The summed E-state index contributed by atoms with van der Waals surface area (Å²) in [6, 6.07) is 9.63. The van der Waals surface area contributed by atoms with E-state index >= 15 is 0 Å². The van der Waals surface area contributed by atoms with E-state index in [2.05, 4.69) is 59.2 Å². The summed E-state index contributed by atoms with van der Waals surface area (Å²) in [5.41, 5.74) is 1.50. The highest BCUT2D eigenvalue weighted by Gasteiger charge is 2.29. The van der Waals surface area contributed by atoms with E-state index in [0.717, 1.165) is 18.5 Å². The molecule has 24 heavy (non-hydrogen) atoms. The average molecular weight is 348 g/mol. The summed E-state index contributed by atoms with van der Waals surface area (Å²) in [5, 5.41) is 0. The number of piperazine rings is 1. The first-order valence-corrected chi connectivity index (χ1v) is 10.7. The predicted molar refractivity (Wildman–Crippen MR) is 105 cm³/mol. The lowest BCUT2D eigenvalue weighted by atomic mass is 9.89. The number of likely N-dealkylation sites (tertiary alicyclic amines) is 1. The number of rotatable bonds is 5. The third kappa shape index (κ3) is 4.54. The van der Waals surface area contributed by atoms with Crippen molar-refractivity contribution in [3.05, 3.63) is 29.8 Å². The molecule has 2 heterocycles. The molecule has 1 aromatic rings. The van der Waals surface area contributed by atoms with Gasteiger partial charge in [-0.15, -0.1) is 11.8 Å². The maximum atomic E-state index is 2.73. The Morgan fingerprint density at radius 1 is 1.04 bits per heavy atom. The van der Waals surface area contributed by atoms with E-state index in [1.54, 1.807) is 0 Å². The van der Waals surface area contributed by atoms with Crippen molar-refractivity contribution in [2.45, 2.75) is 37.2 Å². The smallest absolute Gasteiger partial charge is 0.0244 e. The fraction of sp³-hybridized carbons (Fsp3) is 0.700. The molecule has 2 aliphatic heterocycles. The van der Waals surface area contributed by atoms with Crippen LogP contribution in [0.15, 0.2) is 29.2 Å². The highest BCUT2D eigenvalue weighted by molar-refractivity contribution is 7.98. The molecule has 0 unspecified atom stereocenters. The van der Waals surface area contributed by atoms with E-state index in [1.165, 1.54) is 62.6 Å². The van der Waals surface area contributed by atoms with Gasteiger partial charge in [0.1, 0.15) is 0 Å². The molecule has 1 atom stereocenters. The predicted octanol–water partition coefficient (Wildman–Crippen LogP) is 3.26. The molecule has 0 spiro atoms. The molecule has 1 aromatic carbocycles. The Morgan fingerprint density at radius 3 is 2.38 bits per heavy atom. The van der Waals surface area contributed by atoms with Gasteiger partial charge in [0.25, 0.3) is 0 Å². The van der Waals surface area contributed by atoms with Gasteiger partial charge in [-0.25, -0.2) is 0 Å². The van der Waals surface area contributed by atoms with E-state index in [4.69, 9.17) is 0 Å². The minimum absolute atomic E-state index is 0.749. The summed E-state index contributed by atoms with van der Waals surface area (Å²) in [4.78, 5) is 9.27. The summed E-state index contributed by atoms with van der Waals surface area (Å²) < 4.78 is 0.